The second-order valence-corrected chi connectivity index (χ2v) is 15.6. The molecule has 1 rings (SSSR count). The fraction of sp³-hybridized carbons (Fsp3) is 0.886. The lowest BCUT2D eigenvalue weighted by atomic mass is 9.88. The summed E-state index contributed by atoms with van der Waals surface area (Å²) in [6.07, 6.45) is 30.3. The maximum absolute atomic E-state index is 13.6. The maximum Gasteiger partial charge on any atom is 0.309 e. The van der Waals surface area contributed by atoms with E-state index in [1.807, 2.05) is 19.0 Å². The molecule has 7 nitrogen and oxygen atoms in total. The van der Waals surface area contributed by atoms with Crippen LogP contribution in [0.3, 0.4) is 0 Å². The van der Waals surface area contributed by atoms with Crippen LogP contribution in [0.4, 0.5) is 0 Å². The highest BCUT2D eigenvalue weighted by Gasteiger charge is 2.39. The van der Waals surface area contributed by atoms with Gasteiger partial charge in [0.15, 0.2) is 0 Å². The molecule has 0 aliphatic heterocycles. The minimum atomic E-state index is -0.219. The number of esters is 3. The Morgan fingerprint density at radius 3 is 1.84 bits per heavy atom. The zero-order chi connectivity index (χ0) is 37.5. The molecule has 1 saturated carbocycles. The first-order valence-corrected chi connectivity index (χ1v) is 21.6. The van der Waals surface area contributed by atoms with E-state index in [1.165, 1.54) is 77.0 Å². The summed E-state index contributed by atoms with van der Waals surface area (Å²) in [5.74, 6) is -0.201. The van der Waals surface area contributed by atoms with E-state index in [-0.39, 0.29) is 54.5 Å². The summed E-state index contributed by atoms with van der Waals surface area (Å²) in [5, 5.41) is 0. The molecule has 1 aliphatic carbocycles. The first kappa shape index (κ1) is 47.1. The van der Waals surface area contributed by atoms with Gasteiger partial charge in [-0.2, -0.15) is 0 Å². The van der Waals surface area contributed by atoms with Gasteiger partial charge < -0.3 is 19.1 Å². The van der Waals surface area contributed by atoms with Crippen LogP contribution in [0.5, 0.6) is 0 Å². The molecule has 0 heterocycles. The molecule has 0 radical (unpaired) electrons. The molecule has 5 atom stereocenters. The minimum absolute atomic E-state index is 0.0337. The van der Waals surface area contributed by atoms with Crippen LogP contribution in [0.2, 0.25) is 0 Å². The van der Waals surface area contributed by atoms with Crippen molar-refractivity contribution >= 4 is 17.9 Å². The van der Waals surface area contributed by atoms with Gasteiger partial charge in [-0.15, -0.1) is 0 Å². The molecule has 0 amide bonds. The lowest BCUT2D eigenvalue weighted by Crippen LogP contribution is -2.28. The van der Waals surface area contributed by atoms with Gasteiger partial charge in [0.1, 0.15) is 12.2 Å². The Morgan fingerprint density at radius 1 is 0.686 bits per heavy atom. The monoisotopic (exact) mass is 720 g/mol. The number of carbonyl (C=O) groups is 3. The molecule has 7 heteroatoms. The van der Waals surface area contributed by atoms with Gasteiger partial charge >= 0.3 is 17.9 Å². The van der Waals surface area contributed by atoms with Crippen LogP contribution in [-0.4, -0.2) is 62.3 Å². The van der Waals surface area contributed by atoms with Gasteiger partial charge in [-0.25, -0.2) is 0 Å². The molecule has 0 spiro atoms. The third-order valence-electron chi connectivity index (χ3n) is 10.7. The quantitative estimate of drug-likeness (QED) is 0.0289. The first-order chi connectivity index (χ1) is 24.7. The normalized spacial score (nSPS) is 18.7. The number of unbranched alkanes of at least 4 members (excludes halogenated alkanes) is 13. The van der Waals surface area contributed by atoms with Crippen LogP contribution in [-0.2, 0) is 28.6 Å². The van der Waals surface area contributed by atoms with Gasteiger partial charge in [0.05, 0.1) is 18.9 Å². The van der Waals surface area contributed by atoms with Crippen LogP contribution in [0.25, 0.3) is 0 Å². The highest BCUT2D eigenvalue weighted by Crippen LogP contribution is 2.39. The van der Waals surface area contributed by atoms with Crippen molar-refractivity contribution in [1.82, 2.24) is 4.90 Å². The molecule has 0 saturated heterocycles. The standard InChI is InChI=1S/C44H81NO6/c1-7-11-15-18-20-24-27-37(26-23-17-13-9-3)44(48)50-39(28-25-21-19-16-12-8-2)33-35-49-43(47)36-38-30-31-41(40(38)29-22-14-10-4)51-42(46)32-34-45(5)6/h14,22,37-41H,7-13,15-21,23-36H2,1-6H3/b22-14-. The van der Waals surface area contributed by atoms with Crippen LogP contribution in [0.15, 0.2) is 12.2 Å². The Bertz CT molecular complexity index is 904. The van der Waals surface area contributed by atoms with Crippen LogP contribution >= 0.6 is 0 Å². The summed E-state index contributed by atoms with van der Waals surface area (Å²) in [6, 6.07) is 0. The van der Waals surface area contributed by atoms with E-state index in [2.05, 4.69) is 39.8 Å². The van der Waals surface area contributed by atoms with E-state index in [0.29, 0.717) is 25.8 Å². The topological polar surface area (TPSA) is 82.1 Å². The van der Waals surface area contributed by atoms with Gasteiger partial charge in [0, 0.05) is 25.3 Å². The fourth-order valence-corrected chi connectivity index (χ4v) is 7.44. The number of carbonyl (C=O) groups excluding carboxylic acids is 3. The summed E-state index contributed by atoms with van der Waals surface area (Å²) >= 11 is 0. The van der Waals surface area contributed by atoms with Crippen LogP contribution < -0.4 is 0 Å². The molecular formula is C44H81NO6. The molecule has 1 fully saturated rings. The average molecular weight is 720 g/mol. The highest BCUT2D eigenvalue weighted by atomic mass is 16.6. The summed E-state index contributed by atoms with van der Waals surface area (Å²) < 4.78 is 18.0. The van der Waals surface area contributed by atoms with Crippen molar-refractivity contribution in [2.75, 3.05) is 27.2 Å². The Balaban J connectivity index is 2.79. The van der Waals surface area contributed by atoms with E-state index in [9.17, 15) is 14.4 Å². The van der Waals surface area contributed by atoms with E-state index in [1.54, 1.807) is 0 Å². The number of hydrogen-bond donors (Lipinski definition) is 0. The minimum Gasteiger partial charge on any atom is -0.466 e. The summed E-state index contributed by atoms with van der Waals surface area (Å²) in [5.41, 5.74) is 0. The predicted molar refractivity (Wildman–Crippen MR) is 212 cm³/mol. The fourth-order valence-electron chi connectivity index (χ4n) is 7.44. The van der Waals surface area contributed by atoms with Crippen molar-refractivity contribution in [2.45, 2.75) is 207 Å². The SMILES string of the molecule is CC/C=C\CC1C(CC(=O)OCCC(CCCCCCCC)OC(=O)C(CCCCCC)CCCCCCCC)CCC1OC(=O)CCN(C)C. The van der Waals surface area contributed by atoms with Crippen molar-refractivity contribution in [3.8, 4) is 0 Å². The van der Waals surface area contributed by atoms with E-state index < -0.39 is 0 Å². The van der Waals surface area contributed by atoms with E-state index in [0.717, 1.165) is 70.6 Å². The molecule has 51 heavy (non-hydrogen) atoms. The summed E-state index contributed by atoms with van der Waals surface area (Å²) in [6.45, 7) is 9.74. The van der Waals surface area contributed by atoms with E-state index in [4.69, 9.17) is 14.2 Å². The second-order valence-electron chi connectivity index (χ2n) is 15.6. The van der Waals surface area contributed by atoms with Crippen molar-refractivity contribution in [3.05, 3.63) is 12.2 Å². The van der Waals surface area contributed by atoms with Crippen LogP contribution in [0, 0.1) is 17.8 Å². The Hall–Kier alpha value is -1.89. The summed E-state index contributed by atoms with van der Waals surface area (Å²) in [7, 11) is 3.90. The van der Waals surface area contributed by atoms with Crippen molar-refractivity contribution in [3.63, 3.8) is 0 Å². The zero-order valence-corrected chi connectivity index (χ0v) is 34.2. The number of allylic oxidation sites excluding steroid dienone is 2. The number of rotatable bonds is 33. The third-order valence-corrected chi connectivity index (χ3v) is 10.7. The molecule has 0 bridgehead atoms. The Labute approximate surface area is 314 Å². The van der Waals surface area contributed by atoms with Gasteiger partial charge in [0.2, 0.25) is 0 Å². The molecule has 1 aliphatic rings. The Kier molecular flexibility index (Phi) is 29.2. The second kappa shape index (κ2) is 31.6. The van der Waals surface area contributed by atoms with Crippen molar-refractivity contribution in [2.24, 2.45) is 17.8 Å². The zero-order valence-electron chi connectivity index (χ0n) is 34.2. The molecule has 5 unspecified atom stereocenters. The van der Waals surface area contributed by atoms with Crippen LogP contribution in [0.1, 0.15) is 195 Å². The number of ether oxygens (including phenoxy) is 3. The lowest BCUT2D eigenvalue weighted by molar-refractivity contribution is -0.157. The molecule has 0 aromatic rings. The summed E-state index contributed by atoms with van der Waals surface area (Å²) in [4.78, 5) is 41.4. The molecular weight excluding hydrogens is 638 g/mol. The van der Waals surface area contributed by atoms with Gasteiger partial charge in [-0.05, 0) is 71.4 Å². The highest BCUT2D eigenvalue weighted by molar-refractivity contribution is 5.72. The molecule has 0 aromatic carbocycles. The van der Waals surface area contributed by atoms with Gasteiger partial charge in [0.25, 0.3) is 0 Å². The van der Waals surface area contributed by atoms with Gasteiger partial charge in [-0.1, -0.05) is 136 Å². The van der Waals surface area contributed by atoms with Crippen molar-refractivity contribution in [1.29, 1.82) is 0 Å². The average Bonchev–Trinajstić information content (AvgIpc) is 3.47. The lowest BCUT2D eigenvalue weighted by Gasteiger charge is -2.24. The largest absolute Gasteiger partial charge is 0.466 e. The smallest absolute Gasteiger partial charge is 0.309 e. The maximum atomic E-state index is 13.6. The predicted octanol–water partition coefficient (Wildman–Crippen LogP) is 11.6. The van der Waals surface area contributed by atoms with E-state index >= 15 is 0 Å². The molecule has 298 valence electrons. The van der Waals surface area contributed by atoms with Gasteiger partial charge in [-0.3, -0.25) is 14.4 Å². The Morgan fingerprint density at radius 2 is 1.25 bits per heavy atom. The number of hydrogen-bond acceptors (Lipinski definition) is 7. The molecule has 0 N–H and O–H groups in total. The first-order valence-electron chi connectivity index (χ1n) is 21.6. The molecule has 0 aromatic heterocycles. The number of nitrogens with zero attached hydrogens (tertiary/aromatic N) is 1. The third kappa shape index (κ3) is 24.1. The van der Waals surface area contributed by atoms with Crippen molar-refractivity contribution < 1.29 is 28.6 Å².